The largest absolute Gasteiger partial charge is 0.471 e. The van der Waals surface area contributed by atoms with E-state index in [1.54, 1.807) is 32.6 Å². The van der Waals surface area contributed by atoms with Crippen LogP contribution in [-0.2, 0) is 49.4 Å². The number of urea groups is 1. The molecule has 5 N–H and O–H groups in total. The Morgan fingerprint density at radius 2 is 1.58 bits per heavy atom. The lowest BCUT2D eigenvalue weighted by Gasteiger charge is -2.43. The van der Waals surface area contributed by atoms with Crippen LogP contribution < -0.4 is 11.1 Å². The summed E-state index contributed by atoms with van der Waals surface area (Å²) in [6, 6.07) is 15.3. The van der Waals surface area contributed by atoms with Crippen LogP contribution in [0.4, 0.5) is 9.59 Å². The van der Waals surface area contributed by atoms with E-state index in [0.29, 0.717) is 10.6 Å². The highest BCUT2D eigenvalue weighted by Gasteiger charge is 2.41. The molecule has 15 nitrogen and oxygen atoms in total. The first-order valence-corrected chi connectivity index (χ1v) is 21.8. The second kappa shape index (κ2) is 21.5. The van der Waals surface area contributed by atoms with Gasteiger partial charge in [-0.15, -0.1) is 22.7 Å². The third kappa shape index (κ3) is 14.6. The standard InChI is InChI=1S/C39H53N6O9PS2/c1-25(2)35(36(40)46)45(39(48)44(6)21-30-23-56-37(42-30)26(3)4)31(17-28-13-9-7-10-14-28)19-34(53-27(5)54-55(49,50)51)33(18-29-15-11-8-12-16-29)43-38(47)52-22-32-20-41-24-57-32/h7-16,20,23-27,31,33-35H,17-19,21-22H2,1-6H3,(H2,40,46)(H,43,47)(H2,49,50,51)/t27?,31-,33-,34-,35-/m0/s1. The fourth-order valence-electron chi connectivity index (χ4n) is 6.47. The van der Waals surface area contributed by atoms with E-state index in [-0.39, 0.29) is 38.3 Å². The van der Waals surface area contributed by atoms with Gasteiger partial charge in [0.2, 0.25) is 5.91 Å². The number of alkyl carbamates (subject to hydrolysis) is 1. The number of thiazole rings is 2. The number of benzene rings is 2. The number of hydrogen-bond donors (Lipinski definition) is 4. The second-order valence-corrected chi connectivity index (χ2v) is 17.4. The number of carbonyl (C=O) groups is 3. The summed E-state index contributed by atoms with van der Waals surface area (Å²) < 4.78 is 28.8. The molecule has 0 bridgehead atoms. The Morgan fingerprint density at radius 3 is 2.11 bits per heavy atom. The summed E-state index contributed by atoms with van der Waals surface area (Å²) in [6.07, 6.45) is -1.43. The molecular formula is C39H53N6O9PS2. The number of primary amides is 1. The molecule has 4 rings (SSSR count). The minimum atomic E-state index is -5.04. The summed E-state index contributed by atoms with van der Waals surface area (Å²) >= 11 is 2.82. The number of rotatable bonds is 21. The Kier molecular flexibility index (Phi) is 17.2. The molecule has 1 unspecified atom stereocenters. The minimum Gasteiger partial charge on any atom is -0.444 e. The maximum Gasteiger partial charge on any atom is 0.471 e. The lowest BCUT2D eigenvalue weighted by atomic mass is 9.90. The van der Waals surface area contributed by atoms with E-state index in [1.165, 1.54) is 39.4 Å². The van der Waals surface area contributed by atoms with Crippen LogP contribution in [0.3, 0.4) is 0 Å². The lowest BCUT2D eigenvalue weighted by molar-refractivity contribution is -0.136. The predicted octanol–water partition coefficient (Wildman–Crippen LogP) is 6.47. The summed E-state index contributed by atoms with van der Waals surface area (Å²) in [4.78, 5) is 73.6. The second-order valence-electron chi connectivity index (χ2n) is 14.4. The van der Waals surface area contributed by atoms with Gasteiger partial charge in [-0.25, -0.2) is 19.1 Å². The third-order valence-electron chi connectivity index (χ3n) is 8.98. The minimum absolute atomic E-state index is 0.0463. The number of phosphoric acid groups is 1. The number of hydrogen-bond acceptors (Lipinski definition) is 11. The third-order valence-corrected chi connectivity index (χ3v) is 11.5. The van der Waals surface area contributed by atoms with Crippen molar-refractivity contribution in [2.24, 2.45) is 11.7 Å². The van der Waals surface area contributed by atoms with Crippen LogP contribution in [0.2, 0.25) is 0 Å². The van der Waals surface area contributed by atoms with Crippen LogP contribution in [0.15, 0.2) is 77.8 Å². The summed E-state index contributed by atoms with van der Waals surface area (Å²) in [6.45, 7) is 9.11. The van der Waals surface area contributed by atoms with Gasteiger partial charge in [-0.3, -0.25) is 14.3 Å². The van der Waals surface area contributed by atoms with Crippen LogP contribution in [0.25, 0.3) is 0 Å². The van der Waals surface area contributed by atoms with Gasteiger partial charge in [0.05, 0.1) is 39.8 Å². The quantitative estimate of drug-likeness (QED) is 0.0529. The highest BCUT2D eigenvalue weighted by molar-refractivity contribution is 7.46. The molecule has 5 atom stereocenters. The van der Waals surface area contributed by atoms with E-state index in [9.17, 15) is 28.7 Å². The Bertz CT molecular complexity index is 1900. The fourth-order valence-corrected chi connectivity index (χ4v) is 8.24. The van der Waals surface area contributed by atoms with Gasteiger partial charge >= 0.3 is 19.9 Å². The summed E-state index contributed by atoms with van der Waals surface area (Å²) in [5, 5.41) is 5.74. The van der Waals surface area contributed by atoms with Crippen molar-refractivity contribution in [3.63, 3.8) is 0 Å². The summed E-state index contributed by atoms with van der Waals surface area (Å²) in [5.74, 6) is -0.948. The van der Waals surface area contributed by atoms with Crippen LogP contribution in [0.1, 0.15) is 73.7 Å². The van der Waals surface area contributed by atoms with Gasteiger partial charge in [0.15, 0.2) is 6.29 Å². The molecular weight excluding hydrogens is 792 g/mol. The number of ether oxygens (including phenoxy) is 2. The zero-order chi connectivity index (χ0) is 41.7. The molecule has 0 aliphatic heterocycles. The molecule has 0 aliphatic carbocycles. The monoisotopic (exact) mass is 844 g/mol. The molecule has 57 heavy (non-hydrogen) atoms. The van der Waals surface area contributed by atoms with Crippen molar-refractivity contribution in [3.05, 3.63) is 104 Å². The average molecular weight is 845 g/mol. The first kappa shape index (κ1) is 45.5. The summed E-state index contributed by atoms with van der Waals surface area (Å²) in [5.41, 5.74) is 10.0. The molecule has 0 fully saturated rings. The lowest BCUT2D eigenvalue weighted by Crippen LogP contribution is -2.60. The number of carbonyl (C=O) groups excluding carboxylic acids is 3. The number of nitrogens with two attached hydrogens (primary N) is 1. The Morgan fingerprint density at radius 1 is 0.947 bits per heavy atom. The highest BCUT2D eigenvalue weighted by Crippen LogP contribution is 2.38. The average Bonchev–Trinajstić information content (AvgIpc) is 3.84. The van der Waals surface area contributed by atoms with E-state index in [1.807, 2.05) is 79.9 Å². The van der Waals surface area contributed by atoms with Crippen LogP contribution in [-0.4, -0.2) is 85.2 Å². The number of nitrogens with one attached hydrogen (secondary N) is 1. The summed E-state index contributed by atoms with van der Waals surface area (Å²) in [7, 11) is -3.41. The maximum absolute atomic E-state index is 14.9. The van der Waals surface area contributed by atoms with Crippen molar-refractivity contribution in [2.75, 3.05) is 7.05 Å². The van der Waals surface area contributed by atoms with Crippen LogP contribution in [0, 0.1) is 5.92 Å². The van der Waals surface area contributed by atoms with Gasteiger partial charge in [0.1, 0.15) is 12.6 Å². The van der Waals surface area contributed by atoms with Gasteiger partial charge < -0.3 is 40.1 Å². The fraction of sp³-hybridized carbons (Fsp3) is 0.462. The normalized spacial score (nSPS) is 14.4. The molecule has 4 aromatic rings. The van der Waals surface area contributed by atoms with Gasteiger partial charge in [-0.1, -0.05) is 88.4 Å². The van der Waals surface area contributed by atoms with E-state index in [2.05, 4.69) is 10.3 Å². The van der Waals surface area contributed by atoms with E-state index < -0.39 is 62.3 Å². The molecule has 0 aliphatic rings. The van der Waals surface area contributed by atoms with Gasteiger partial charge in [-0.05, 0) is 43.2 Å². The van der Waals surface area contributed by atoms with Gasteiger partial charge in [0.25, 0.3) is 0 Å². The van der Waals surface area contributed by atoms with Gasteiger partial charge in [0, 0.05) is 30.6 Å². The SMILES string of the molecule is CC(O[C@@H](C[C@H](Cc1ccccc1)N(C(=O)N(C)Cc1csc(C(C)C)n1)[C@H](C(N)=O)C(C)C)[C@H](Cc1ccccc1)NC(=O)OCc1cncs1)OP(=O)(O)O. The maximum atomic E-state index is 14.9. The molecule has 0 saturated heterocycles. The van der Waals surface area contributed by atoms with Crippen LogP contribution in [0.5, 0.6) is 0 Å². The zero-order valence-electron chi connectivity index (χ0n) is 33.0. The van der Waals surface area contributed by atoms with Crippen molar-refractivity contribution in [3.8, 4) is 0 Å². The molecule has 0 saturated carbocycles. The molecule has 2 aromatic carbocycles. The number of phosphoric ester groups is 1. The Labute approximate surface area is 341 Å². The predicted molar refractivity (Wildman–Crippen MR) is 218 cm³/mol. The molecule has 4 amide bonds. The highest BCUT2D eigenvalue weighted by atomic mass is 32.1. The molecule has 0 radical (unpaired) electrons. The van der Waals surface area contributed by atoms with E-state index in [4.69, 9.17) is 24.7 Å². The molecule has 2 aromatic heterocycles. The smallest absolute Gasteiger partial charge is 0.444 e. The van der Waals surface area contributed by atoms with Crippen molar-refractivity contribution in [1.29, 1.82) is 0 Å². The molecule has 18 heteroatoms. The van der Waals surface area contributed by atoms with Crippen molar-refractivity contribution < 1.29 is 42.7 Å². The van der Waals surface area contributed by atoms with Crippen molar-refractivity contribution in [1.82, 2.24) is 25.1 Å². The van der Waals surface area contributed by atoms with Crippen molar-refractivity contribution >= 4 is 48.5 Å². The van der Waals surface area contributed by atoms with Crippen LogP contribution >= 0.6 is 30.5 Å². The van der Waals surface area contributed by atoms with Crippen molar-refractivity contribution in [2.45, 2.75) is 103 Å². The molecule has 310 valence electrons. The molecule has 0 spiro atoms. The van der Waals surface area contributed by atoms with Gasteiger partial charge in [-0.2, -0.15) is 0 Å². The zero-order valence-corrected chi connectivity index (χ0v) is 35.5. The number of aromatic nitrogens is 2. The number of nitrogens with zero attached hydrogens (tertiary/aromatic N) is 4. The number of amides is 4. The first-order chi connectivity index (χ1) is 27.0. The Hall–Kier alpha value is -4.22. The molecule has 2 heterocycles. The first-order valence-electron chi connectivity index (χ1n) is 18.6. The topological polar surface area (TPSA) is 207 Å². The van der Waals surface area contributed by atoms with E-state index in [0.717, 1.165) is 16.1 Å². The van der Waals surface area contributed by atoms with E-state index >= 15 is 0 Å². The Balaban J connectivity index is 1.82.